The summed E-state index contributed by atoms with van der Waals surface area (Å²) in [7, 11) is 3.12. The third-order valence-corrected chi connectivity index (χ3v) is 5.76. The molecule has 31 heavy (non-hydrogen) atoms. The molecular weight excluding hydrogens is 416 g/mol. The number of hydrogen-bond donors (Lipinski definition) is 1. The fraction of sp³-hybridized carbons (Fsp3) is 0.333. The summed E-state index contributed by atoms with van der Waals surface area (Å²) in [5.74, 6) is 1.30. The van der Waals surface area contributed by atoms with Crippen molar-refractivity contribution in [2.75, 3.05) is 33.9 Å². The van der Waals surface area contributed by atoms with Crippen LogP contribution in [0.5, 0.6) is 11.5 Å². The van der Waals surface area contributed by atoms with Crippen molar-refractivity contribution in [1.82, 2.24) is 10.2 Å². The van der Waals surface area contributed by atoms with E-state index in [1.807, 2.05) is 23.1 Å². The fourth-order valence-corrected chi connectivity index (χ4v) is 3.77. The van der Waals surface area contributed by atoms with Crippen LogP contribution in [-0.2, 0) is 4.79 Å². The minimum absolute atomic E-state index is 0.0221. The number of methoxy groups -OCH3 is 2. The number of ether oxygens (including phenoxy) is 2. The van der Waals surface area contributed by atoms with E-state index in [1.54, 1.807) is 44.6 Å². The lowest BCUT2D eigenvalue weighted by molar-refractivity contribution is -0.116. The van der Waals surface area contributed by atoms with Gasteiger partial charge in [0.25, 0.3) is 5.91 Å². The number of amides is 2. The molecule has 0 bridgehead atoms. The number of piperidine rings is 1. The highest BCUT2D eigenvalue weighted by Crippen LogP contribution is 2.28. The fourth-order valence-electron chi connectivity index (χ4n) is 3.57. The van der Waals surface area contributed by atoms with Gasteiger partial charge in [-0.1, -0.05) is 29.8 Å². The highest BCUT2D eigenvalue weighted by Gasteiger charge is 2.24. The van der Waals surface area contributed by atoms with Gasteiger partial charge in [-0.05, 0) is 54.7 Å². The van der Waals surface area contributed by atoms with Crippen LogP contribution < -0.4 is 14.8 Å². The number of nitrogens with zero attached hydrogens (tertiary/aromatic N) is 1. The second kappa shape index (κ2) is 10.9. The molecule has 0 aliphatic carbocycles. The van der Waals surface area contributed by atoms with Crippen LogP contribution >= 0.6 is 11.6 Å². The third kappa shape index (κ3) is 6.01. The van der Waals surface area contributed by atoms with Crippen molar-refractivity contribution in [2.24, 2.45) is 5.92 Å². The van der Waals surface area contributed by atoms with Crippen molar-refractivity contribution in [2.45, 2.75) is 12.8 Å². The van der Waals surface area contributed by atoms with Gasteiger partial charge < -0.3 is 19.7 Å². The second-order valence-corrected chi connectivity index (χ2v) is 7.81. The van der Waals surface area contributed by atoms with Gasteiger partial charge >= 0.3 is 0 Å². The minimum Gasteiger partial charge on any atom is -0.493 e. The molecule has 0 unspecified atom stereocenters. The van der Waals surface area contributed by atoms with E-state index in [0.717, 1.165) is 18.4 Å². The van der Waals surface area contributed by atoms with Crippen LogP contribution in [0.25, 0.3) is 6.08 Å². The number of likely N-dealkylation sites (tertiary alicyclic amines) is 1. The van der Waals surface area contributed by atoms with Gasteiger partial charge in [-0.15, -0.1) is 0 Å². The standard InChI is InChI=1S/C24H27ClN2O4/c1-30-21-9-7-19(15-22(21)31-2)24(29)27-13-11-17(12-14-27)16-26-23(28)10-8-18-5-3-4-6-20(18)25/h3-10,15,17H,11-14,16H2,1-2H3,(H,26,28)/b10-8+. The van der Waals surface area contributed by atoms with Crippen LogP contribution in [0.2, 0.25) is 5.02 Å². The molecule has 1 saturated heterocycles. The van der Waals surface area contributed by atoms with Crippen molar-refractivity contribution in [3.05, 3.63) is 64.7 Å². The van der Waals surface area contributed by atoms with Gasteiger partial charge in [-0.25, -0.2) is 0 Å². The first-order valence-corrected chi connectivity index (χ1v) is 10.6. The molecule has 1 fully saturated rings. The molecule has 1 N–H and O–H groups in total. The van der Waals surface area contributed by atoms with Crippen molar-refractivity contribution >= 4 is 29.5 Å². The molecule has 0 spiro atoms. The zero-order valence-corrected chi connectivity index (χ0v) is 18.5. The predicted octanol–water partition coefficient (Wildman–Crippen LogP) is 4.04. The Hall–Kier alpha value is -2.99. The molecule has 3 rings (SSSR count). The largest absolute Gasteiger partial charge is 0.493 e. The Kier molecular flexibility index (Phi) is 7.95. The van der Waals surface area contributed by atoms with Gasteiger partial charge in [0, 0.05) is 36.3 Å². The maximum atomic E-state index is 12.8. The summed E-state index contributed by atoms with van der Waals surface area (Å²) in [6.07, 6.45) is 4.89. The minimum atomic E-state index is -0.149. The topological polar surface area (TPSA) is 67.9 Å². The number of rotatable bonds is 7. The smallest absolute Gasteiger partial charge is 0.253 e. The Morgan fingerprint density at radius 1 is 1.10 bits per heavy atom. The number of carbonyl (C=O) groups excluding carboxylic acids is 2. The third-order valence-electron chi connectivity index (χ3n) is 5.42. The average molecular weight is 443 g/mol. The monoisotopic (exact) mass is 442 g/mol. The molecule has 0 radical (unpaired) electrons. The van der Waals surface area contributed by atoms with E-state index < -0.39 is 0 Å². The highest BCUT2D eigenvalue weighted by atomic mass is 35.5. The first kappa shape index (κ1) is 22.7. The maximum absolute atomic E-state index is 12.8. The van der Waals surface area contributed by atoms with Crippen LogP contribution in [0.1, 0.15) is 28.8 Å². The molecule has 1 aliphatic heterocycles. The van der Waals surface area contributed by atoms with Gasteiger partial charge in [0.2, 0.25) is 5.91 Å². The van der Waals surface area contributed by atoms with E-state index in [9.17, 15) is 9.59 Å². The summed E-state index contributed by atoms with van der Waals surface area (Å²) < 4.78 is 10.5. The van der Waals surface area contributed by atoms with Gasteiger partial charge in [0.05, 0.1) is 14.2 Å². The molecule has 2 amide bonds. The number of halogens is 1. The average Bonchev–Trinajstić information content (AvgIpc) is 2.81. The Bertz CT molecular complexity index is 952. The summed E-state index contributed by atoms with van der Waals surface area (Å²) in [5, 5.41) is 3.55. The van der Waals surface area contributed by atoms with E-state index in [2.05, 4.69) is 5.32 Å². The van der Waals surface area contributed by atoms with E-state index in [0.29, 0.717) is 47.6 Å². The van der Waals surface area contributed by atoms with E-state index in [-0.39, 0.29) is 11.8 Å². The lowest BCUT2D eigenvalue weighted by Gasteiger charge is -2.32. The summed E-state index contributed by atoms with van der Waals surface area (Å²) in [4.78, 5) is 26.8. The number of benzene rings is 2. The Labute approximate surface area is 187 Å². The van der Waals surface area contributed by atoms with Crippen molar-refractivity contribution in [1.29, 1.82) is 0 Å². The molecule has 0 aromatic heterocycles. The summed E-state index contributed by atoms with van der Waals surface area (Å²) >= 11 is 6.09. The normalized spacial score (nSPS) is 14.5. The van der Waals surface area contributed by atoms with Gasteiger partial charge in [0.15, 0.2) is 11.5 Å². The number of nitrogens with one attached hydrogen (secondary N) is 1. The summed E-state index contributed by atoms with van der Waals surface area (Å²) in [6, 6.07) is 12.6. The second-order valence-electron chi connectivity index (χ2n) is 7.41. The van der Waals surface area contributed by atoms with Crippen LogP contribution in [0, 0.1) is 5.92 Å². The molecule has 1 heterocycles. The quantitative estimate of drug-likeness (QED) is 0.657. The summed E-state index contributed by atoms with van der Waals surface area (Å²) in [6.45, 7) is 1.90. The maximum Gasteiger partial charge on any atom is 0.253 e. The van der Waals surface area contributed by atoms with Crippen LogP contribution in [0.3, 0.4) is 0 Å². The van der Waals surface area contributed by atoms with E-state index >= 15 is 0 Å². The summed E-state index contributed by atoms with van der Waals surface area (Å²) in [5.41, 5.74) is 1.38. The lowest BCUT2D eigenvalue weighted by atomic mass is 9.96. The molecule has 6 nitrogen and oxygen atoms in total. The number of carbonyl (C=O) groups is 2. The molecule has 2 aromatic carbocycles. The van der Waals surface area contributed by atoms with Gasteiger partial charge in [-0.2, -0.15) is 0 Å². The molecule has 2 aromatic rings. The Morgan fingerprint density at radius 2 is 1.81 bits per heavy atom. The van der Waals surface area contributed by atoms with Crippen LogP contribution in [0.4, 0.5) is 0 Å². The predicted molar refractivity (Wildman–Crippen MR) is 122 cm³/mol. The molecule has 1 aliphatic rings. The molecule has 7 heteroatoms. The molecule has 164 valence electrons. The Morgan fingerprint density at radius 3 is 2.48 bits per heavy atom. The SMILES string of the molecule is COc1ccc(C(=O)N2CCC(CNC(=O)/C=C/c3ccccc3Cl)CC2)cc1OC. The van der Waals surface area contributed by atoms with Gasteiger partial charge in [-0.3, -0.25) is 9.59 Å². The lowest BCUT2D eigenvalue weighted by Crippen LogP contribution is -2.41. The van der Waals surface area contributed by atoms with Crippen molar-refractivity contribution in [3.8, 4) is 11.5 Å². The van der Waals surface area contributed by atoms with Gasteiger partial charge in [0.1, 0.15) is 0 Å². The van der Waals surface area contributed by atoms with Crippen molar-refractivity contribution < 1.29 is 19.1 Å². The highest BCUT2D eigenvalue weighted by molar-refractivity contribution is 6.32. The van der Waals surface area contributed by atoms with Crippen LogP contribution in [0.15, 0.2) is 48.5 Å². The molecular formula is C24H27ClN2O4. The first-order chi connectivity index (χ1) is 15.0. The Balaban J connectivity index is 1.47. The molecule has 0 saturated carbocycles. The van der Waals surface area contributed by atoms with Crippen molar-refractivity contribution in [3.63, 3.8) is 0 Å². The first-order valence-electron chi connectivity index (χ1n) is 10.2. The van der Waals surface area contributed by atoms with E-state index in [4.69, 9.17) is 21.1 Å². The zero-order valence-electron chi connectivity index (χ0n) is 17.8. The van der Waals surface area contributed by atoms with Crippen LogP contribution in [-0.4, -0.2) is 50.6 Å². The van der Waals surface area contributed by atoms with E-state index in [1.165, 1.54) is 6.08 Å². The zero-order chi connectivity index (χ0) is 22.2. The number of hydrogen-bond acceptors (Lipinski definition) is 4. The molecule has 0 atom stereocenters.